The van der Waals surface area contributed by atoms with E-state index in [1.807, 2.05) is 6.20 Å². The summed E-state index contributed by atoms with van der Waals surface area (Å²) >= 11 is 0. The van der Waals surface area contributed by atoms with Gasteiger partial charge in [-0.2, -0.15) is 0 Å². The van der Waals surface area contributed by atoms with Crippen molar-refractivity contribution in [1.29, 1.82) is 0 Å². The third-order valence-electron chi connectivity index (χ3n) is 3.32. The summed E-state index contributed by atoms with van der Waals surface area (Å²) in [6.07, 6.45) is 4.43. The van der Waals surface area contributed by atoms with Crippen LogP contribution in [-0.4, -0.2) is 52.3 Å². The van der Waals surface area contributed by atoms with E-state index < -0.39 is 5.97 Å². The Morgan fingerprint density at radius 3 is 3.17 bits per heavy atom. The van der Waals surface area contributed by atoms with Gasteiger partial charge in [0.2, 0.25) is 0 Å². The molecule has 100 valence electrons. The number of carboxylic acids is 1. The topological polar surface area (TPSA) is 67.6 Å². The fraction of sp³-hybridized carbons (Fsp3) is 0.667. The van der Waals surface area contributed by atoms with Gasteiger partial charge in [0, 0.05) is 32.6 Å². The van der Waals surface area contributed by atoms with E-state index in [-0.39, 0.29) is 5.92 Å². The van der Waals surface area contributed by atoms with Gasteiger partial charge in [0.25, 0.3) is 0 Å². The number of methoxy groups -OCH3 is 1. The smallest absolute Gasteiger partial charge is 0.307 e. The lowest BCUT2D eigenvalue weighted by Crippen LogP contribution is -2.24. The molecule has 2 rings (SSSR count). The molecule has 0 radical (unpaired) electrons. The average molecular weight is 253 g/mol. The van der Waals surface area contributed by atoms with Crippen molar-refractivity contribution in [3.05, 3.63) is 18.2 Å². The zero-order valence-electron chi connectivity index (χ0n) is 10.6. The molecule has 6 nitrogen and oxygen atoms in total. The Hall–Kier alpha value is -1.40. The van der Waals surface area contributed by atoms with Crippen LogP contribution in [0.1, 0.15) is 12.2 Å². The van der Waals surface area contributed by atoms with E-state index >= 15 is 0 Å². The minimum absolute atomic E-state index is 0.229. The van der Waals surface area contributed by atoms with Crippen molar-refractivity contribution in [2.45, 2.75) is 19.5 Å². The molecule has 0 aliphatic carbocycles. The van der Waals surface area contributed by atoms with Gasteiger partial charge in [-0.3, -0.25) is 9.69 Å². The molecule has 0 spiro atoms. The fourth-order valence-electron chi connectivity index (χ4n) is 2.26. The molecule has 0 saturated carbocycles. The number of carbonyl (C=O) groups is 1. The number of likely N-dealkylation sites (tertiary alicyclic amines) is 1. The lowest BCUT2D eigenvalue weighted by Gasteiger charge is -2.15. The van der Waals surface area contributed by atoms with Gasteiger partial charge < -0.3 is 14.4 Å². The molecule has 18 heavy (non-hydrogen) atoms. The van der Waals surface area contributed by atoms with Gasteiger partial charge in [-0.05, 0) is 13.0 Å². The average Bonchev–Trinajstić information content (AvgIpc) is 2.96. The Bertz CT molecular complexity index is 405. The van der Waals surface area contributed by atoms with Crippen LogP contribution in [0.2, 0.25) is 0 Å². The molecule has 1 saturated heterocycles. The number of rotatable bonds is 6. The number of nitrogens with zero attached hydrogens (tertiary/aromatic N) is 3. The van der Waals surface area contributed by atoms with Gasteiger partial charge in [0.15, 0.2) is 0 Å². The first-order chi connectivity index (χ1) is 8.70. The van der Waals surface area contributed by atoms with Crippen LogP contribution < -0.4 is 0 Å². The highest BCUT2D eigenvalue weighted by Gasteiger charge is 2.28. The molecule has 6 heteroatoms. The third kappa shape index (κ3) is 3.08. The molecule has 1 N–H and O–H groups in total. The normalized spacial score (nSPS) is 20.4. The van der Waals surface area contributed by atoms with Crippen LogP contribution in [-0.2, 0) is 22.6 Å². The standard InChI is InChI=1S/C12H19N3O3/c1-18-7-6-15-5-3-13-11(15)9-14-4-2-10(8-14)12(16)17/h3,5,10H,2,4,6-9H2,1H3,(H,16,17)/t10-/m0/s1. The molecule has 0 bridgehead atoms. The summed E-state index contributed by atoms with van der Waals surface area (Å²) in [5.74, 6) is 0.0469. The van der Waals surface area contributed by atoms with Crippen LogP contribution in [0.15, 0.2) is 12.4 Å². The van der Waals surface area contributed by atoms with Gasteiger partial charge in [-0.15, -0.1) is 0 Å². The second-order valence-electron chi connectivity index (χ2n) is 4.59. The first-order valence-electron chi connectivity index (χ1n) is 6.15. The SMILES string of the molecule is COCCn1ccnc1CN1CC[C@H](C(=O)O)C1. The second-order valence-corrected chi connectivity index (χ2v) is 4.59. The van der Waals surface area contributed by atoms with Crippen LogP contribution in [0.4, 0.5) is 0 Å². The summed E-state index contributed by atoms with van der Waals surface area (Å²) in [6, 6.07) is 0. The van der Waals surface area contributed by atoms with Gasteiger partial charge >= 0.3 is 5.97 Å². The Balaban J connectivity index is 1.90. The van der Waals surface area contributed by atoms with E-state index in [1.165, 1.54) is 0 Å². The van der Waals surface area contributed by atoms with Crippen molar-refractivity contribution >= 4 is 5.97 Å². The van der Waals surface area contributed by atoms with Crippen molar-refractivity contribution in [3.63, 3.8) is 0 Å². The van der Waals surface area contributed by atoms with Crippen molar-refractivity contribution < 1.29 is 14.6 Å². The van der Waals surface area contributed by atoms with Gasteiger partial charge in [0.05, 0.1) is 19.1 Å². The summed E-state index contributed by atoms with van der Waals surface area (Å²) in [4.78, 5) is 17.4. The molecule has 2 heterocycles. The molecule has 1 aliphatic heterocycles. The predicted octanol–water partition coefficient (Wildman–Crippen LogP) is 0.436. The molecule has 0 amide bonds. The number of aliphatic carboxylic acids is 1. The maximum atomic E-state index is 10.9. The Labute approximate surface area is 106 Å². The van der Waals surface area contributed by atoms with E-state index in [1.54, 1.807) is 13.3 Å². The molecule has 0 aromatic carbocycles. The summed E-state index contributed by atoms with van der Waals surface area (Å²) in [7, 11) is 1.68. The van der Waals surface area contributed by atoms with Gasteiger partial charge in [0.1, 0.15) is 5.82 Å². The third-order valence-corrected chi connectivity index (χ3v) is 3.32. The van der Waals surface area contributed by atoms with Gasteiger partial charge in [-0.25, -0.2) is 4.98 Å². The van der Waals surface area contributed by atoms with Crippen molar-refractivity contribution in [2.24, 2.45) is 5.92 Å². The van der Waals surface area contributed by atoms with E-state index in [0.29, 0.717) is 19.7 Å². The lowest BCUT2D eigenvalue weighted by atomic mass is 10.1. The van der Waals surface area contributed by atoms with Crippen molar-refractivity contribution in [3.8, 4) is 0 Å². The van der Waals surface area contributed by atoms with Gasteiger partial charge in [-0.1, -0.05) is 0 Å². The molecule has 1 aliphatic rings. The summed E-state index contributed by atoms with van der Waals surface area (Å²) < 4.78 is 7.10. The highest BCUT2D eigenvalue weighted by Crippen LogP contribution is 2.18. The first kappa shape index (κ1) is 13.0. The highest BCUT2D eigenvalue weighted by atomic mass is 16.5. The Morgan fingerprint density at radius 2 is 2.50 bits per heavy atom. The Kier molecular flexibility index (Phi) is 4.33. The summed E-state index contributed by atoms with van der Waals surface area (Å²) in [5.41, 5.74) is 0. The number of aromatic nitrogens is 2. The minimum Gasteiger partial charge on any atom is -0.481 e. The zero-order chi connectivity index (χ0) is 13.0. The number of carboxylic acid groups (broad SMARTS) is 1. The predicted molar refractivity (Wildman–Crippen MR) is 65.1 cm³/mol. The number of ether oxygens (including phenoxy) is 1. The van der Waals surface area contributed by atoms with Crippen molar-refractivity contribution in [2.75, 3.05) is 26.8 Å². The molecular formula is C12H19N3O3. The quantitative estimate of drug-likeness (QED) is 0.796. The molecule has 1 aromatic rings. The number of imidazole rings is 1. The summed E-state index contributed by atoms with van der Waals surface area (Å²) in [5, 5.41) is 8.96. The first-order valence-corrected chi connectivity index (χ1v) is 6.15. The van der Waals surface area contributed by atoms with E-state index in [2.05, 4.69) is 14.5 Å². The second kappa shape index (κ2) is 5.97. The molecular weight excluding hydrogens is 234 g/mol. The number of hydrogen-bond acceptors (Lipinski definition) is 4. The van der Waals surface area contributed by atoms with E-state index in [0.717, 1.165) is 25.3 Å². The largest absolute Gasteiger partial charge is 0.481 e. The van der Waals surface area contributed by atoms with E-state index in [4.69, 9.17) is 9.84 Å². The Morgan fingerprint density at radius 1 is 1.67 bits per heavy atom. The lowest BCUT2D eigenvalue weighted by molar-refractivity contribution is -0.141. The minimum atomic E-state index is -0.694. The van der Waals surface area contributed by atoms with Crippen LogP contribution in [0, 0.1) is 5.92 Å². The fourth-order valence-corrected chi connectivity index (χ4v) is 2.26. The zero-order valence-corrected chi connectivity index (χ0v) is 10.6. The number of hydrogen-bond donors (Lipinski definition) is 1. The summed E-state index contributed by atoms with van der Waals surface area (Å²) in [6.45, 7) is 3.59. The van der Waals surface area contributed by atoms with Crippen LogP contribution in [0.5, 0.6) is 0 Å². The molecule has 1 atom stereocenters. The van der Waals surface area contributed by atoms with Crippen LogP contribution >= 0.6 is 0 Å². The van der Waals surface area contributed by atoms with Crippen LogP contribution in [0.3, 0.4) is 0 Å². The maximum Gasteiger partial charge on any atom is 0.307 e. The monoisotopic (exact) mass is 253 g/mol. The van der Waals surface area contributed by atoms with Crippen molar-refractivity contribution in [1.82, 2.24) is 14.5 Å². The van der Waals surface area contributed by atoms with Crippen LogP contribution in [0.25, 0.3) is 0 Å². The highest BCUT2D eigenvalue weighted by molar-refractivity contribution is 5.70. The van der Waals surface area contributed by atoms with E-state index in [9.17, 15) is 4.79 Å². The maximum absolute atomic E-state index is 10.9. The molecule has 0 unspecified atom stereocenters. The molecule has 1 aromatic heterocycles. The molecule has 1 fully saturated rings.